The highest BCUT2D eigenvalue weighted by Gasteiger charge is 2.25. The third-order valence-corrected chi connectivity index (χ3v) is 1.98. The highest BCUT2D eigenvalue weighted by molar-refractivity contribution is 4.78. The topological polar surface area (TPSA) is 26.0 Å². The molecule has 1 nitrogen and oxygen atoms in total. The van der Waals surface area contributed by atoms with E-state index < -0.39 is 12.3 Å². The van der Waals surface area contributed by atoms with E-state index in [0.717, 1.165) is 12.8 Å². The van der Waals surface area contributed by atoms with Gasteiger partial charge in [-0.3, -0.25) is 0 Å². The average molecular weight is 149 g/mol. The minimum absolute atomic E-state index is 0.129. The van der Waals surface area contributed by atoms with Crippen LogP contribution in [0.15, 0.2) is 0 Å². The Morgan fingerprint density at radius 1 is 1.10 bits per heavy atom. The maximum Gasteiger partial charge on any atom is 0.133 e. The molecule has 0 saturated heterocycles. The second-order valence-electron chi connectivity index (χ2n) is 2.96. The van der Waals surface area contributed by atoms with Crippen molar-refractivity contribution in [2.75, 3.05) is 0 Å². The Balaban J connectivity index is 2.41. The fourth-order valence-corrected chi connectivity index (χ4v) is 1.31. The first kappa shape index (κ1) is 7.92. The van der Waals surface area contributed by atoms with Crippen molar-refractivity contribution < 1.29 is 8.78 Å². The number of hydrogen-bond donors (Lipinski definition) is 1. The van der Waals surface area contributed by atoms with Crippen LogP contribution in [0.1, 0.15) is 25.7 Å². The smallest absolute Gasteiger partial charge is 0.133 e. The molecule has 1 rings (SSSR count). The van der Waals surface area contributed by atoms with Gasteiger partial charge in [-0.25, -0.2) is 8.78 Å². The van der Waals surface area contributed by atoms with Crippen molar-refractivity contribution in [3.8, 4) is 0 Å². The predicted octanol–water partition coefficient (Wildman–Crippen LogP) is 1.56. The molecule has 1 fully saturated rings. The first-order valence-corrected chi connectivity index (χ1v) is 3.74. The Morgan fingerprint density at radius 2 is 1.80 bits per heavy atom. The first-order valence-electron chi connectivity index (χ1n) is 3.74. The van der Waals surface area contributed by atoms with E-state index >= 15 is 0 Å². The molecule has 0 heterocycles. The van der Waals surface area contributed by atoms with Gasteiger partial charge in [0.05, 0.1) is 0 Å². The zero-order valence-corrected chi connectivity index (χ0v) is 5.89. The molecule has 0 bridgehead atoms. The van der Waals surface area contributed by atoms with E-state index in [1.54, 1.807) is 0 Å². The second kappa shape index (κ2) is 3.28. The summed E-state index contributed by atoms with van der Waals surface area (Å²) in [7, 11) is 0. The highest BCUT2D eigenvalue weighted by Crippen LogP contribution is 2.22. The van der Waals surface area contributed by atoms with Crippen LogP contribution in [0.25, 0.3) is 0 Å². The van der Waals surface area contributed by atoms with Gasteiger partial charge in [-0.2, -0.15) is 0 Å². The summed E-state index contributed by atoms with van der Waals surface area (Å²) >= 11 is 0. The van der Waals surface area contributed by atoms with Crippen LogP contribution < -0.4 is 5.73 Å². The van der Waals surface area contributed by atoms with Gasteiger partial charge < -0.3 is 5.73 Å². The maximum absolute atomic E-state index is 12.6. The predicted molar refractivity (Wildman–Crippen MR) is 36.2 cm³/mol. The van der Waals surface area contributed by atoms with Gasteiger partial charge in [0.15, 0.2) is 0 Å². The molecular weight excluding hydrogens is 136 g/mol. The Bertz CT molecular complexity index is 108. The van der Waals surface area contributed by atoms with Crippen LogP contribution in [0.3, 0.4) is 0 Å². The van der Waals surface area contributed by atoms with E-state index in [1.165, 1.54) is 0 Å². The lowest BCUT2D eigenvalue weighted by atomic mass is 10.1. The van der Waals surface area contributed by atoms with Gasteiger partial charge in [0.1, 0.15) is 12.3 Å². The van der Waals surface area contributed by atoms with Crippen molar-refractivity contribution in [3.63, 3.8) is 0 Å². The summed E-state index contributed by atoms with van der Waals surface area (Å²) < 4.78 is 25.2. The van der Waals surface area contributed by atoms with Crippen LogP contribution in [0.5, 0.6) is 0 Å². The average Bonchev–Trinajstić information content (AvgIpc) is 1.96. The lowest BCUT2D eigenvalue weighted by Crippen LogP contribution is -2.25. The number of alkyl halides is 2. The van der Waals surface area contributed by atoms with Crippen molar-refractivity contribution in [3.05, 3.63) is 0 Å². The highest BCUT2D eigenvalue weighted by atomic mass is 19.2. The zero-order valence-electron chi connectivity index (χ0n) is 5.89. The number of halogens is 2. The van der Waals surface area contributed by atoms with Crippen molar-refractivity contribution >= 4 is 0 Å². The molecule has 1 saturated carbocycles. The van der Waals surface area contributed by atoms with E-state index in [-0.39, 0.29) is 12.5 Å². The van der Waals surface area contributed by atoms with E-state index in [2.05, 4.69) is 0 Å². The first-order chi connectivity index (χ1) is 4.70. The molecule has 1 unspecified atom stereocenters. The molecule has 3 heteroatoms. The summed E-state index contributed by atoms with van der Waals surface area (Å²) in [5.74, 6) is 0. The van der Waals surface area contributed by atoms with Crippen molar-refractivity contribution in [2.45, 2.75) is 44.1 Å². The summed E-state index contributed by atoms with van der Waals surface area (Å²) in [5, 5.41) is 0. The van der Waals surface area contributed by atoms with Gasteiger partial charge in [-0.1, -0.05) is 0 Å². The summed E-state index contributed by atoms with van der Waals surface area (Å²) in [6, 6.07) is -0.129. The standard InChI is InChI=1S/C7H13F2N/c8-6-3-1-2-5(10)4-7(6)9/h5-7H,1-4,10H2/t5?,6-,7+/m0/s1. The fourth-order valence-electron chi connectivity index (χ4n) is 1.31. The van der Waals surface area contributed by atoms with Gasteiger partial charge in [-0.05, 0) is 25.7 Å². The molecule has 60 valence electrons. The molecule has 0 aromatic rings. The van der Waals surface area contributed by atoms with E-state index in [9.17, 15) is 8.78 Å². The molecule has 3 atom stereocenters. The molecule has 10 heavy (non-hydrogen) atoms. The number of nitrogens with two attached hydrogens (primary N) is 1. The van der Waals surface area contributed by atoms with Crippen LogP contribution in [0, 0.1) is 0 Å². The fraction of sp³-hybridized carbons (Fsp3) is 1.00. The number of hydrogen-bond acceptors (Lipinski definition) is 1. The summed E-state index contributed by atoms with van der Waals surface area (Å²) in [5.41, 5.74) is 5.48. The lowest BCUT2D eigenvalue weighted by Gasteiger charge is -2.10. The van der Waals surface area contributed by atoms with Gasteiger partial charge >= 0.3 is 0 Å². The van der Waals surface area contributed by atoms with Crippen LogP contribution in [0.2, 0.25) is 0 Å². The van der Waals surface area contributed by atoms with Crippen LogP contribution in [-0.4, -0.2) is 18.4 Å². The minimum Gasteiger partial charge on any atom is -0.328 e. The van der Waals surface area contributed by atoms with Crippen molar-refractivity contribution in [2.24, 2.45) is 5.73 Å². The monoisotopic (exact) mass is 149 g/mol. The van der Waals surface area contributed by atoms with E-state index in [0.29, 0.717) is 6.42 Å². The Kier molecular flexibility index (Phi) is 2.60. The summed E-state index contributed by atoms with van der Waals surface area (Å²) in [6.07, 6.45) is -0.564. The molecule has 0 aromatic heterocycles. The molecule has 2 N–H and O–H groups in total. The molecule has 1 aliphatic carbocycles. The van der Waals surface area contributed by atoms with Crippen LogP contribution >= 0.6 is 0 Å². The summed E-state index contributed by atoms with van der Waals surface area (Å²) in [4.78, 5) is 0. The third-order valence-electron chi connectivity index (χ3n) is 1.98. The Labute approximate surface area is 59.6 Å². The van der Waals surface area contributed by atoms with E-state index in [4.69, 9.17) is 5.73 Å². The summed E-state index contributed by atoms with van der Waals surface area (Å²) in [6.45, 7) is 0. The molecule has 0 spiro atoms. The molecular formula is C7H13F2N. The third kappa shape index (κ3) is 1.90. The van der Waals surface area contributed by atoms with Gasteiger partial charge in [0, 0.05) is 6.04 Å². The van der Waals surface area contributed by atoms with Crippen molar-refractivity contribution in [1.82, 2.24) is 0 Å². The van der Waals surface area contributed by atoms with E-state index in [1.807, 2.05) is 0 Å². The molecule has 1 aliphatic rings. The largest absolute Gasteiger partial charge is 0.328 e. The minimum atomic E-state index is -1.32. The maximum atomic E-state index is 12.6. The normalized spacial score (nSPS) is 42.9. The Hall–Kier alpha value is -0.180. The quantitative estimate of drug-likeness (QED) is 0.520. The molecule has 0 amide bonds. The molecule has 0 aromatic carbocycles. The van der Waals surface area contributed by atoms with Gasteiger partial charge in [-0.15, -0.1) is 0 Å². The van der Waals surface area contributed by atoms with Gasteiger partial charge in [0.2, 0.25) is 0 Å². The SMILES string of the molecule is NC1CCC[C@H](F)[C@H](F)C1. The van der Waals surface area contributed by atoms with Gasteiger partial charge in [0.25, 0.3) is 0 Å². The van der Waals surface area contributed by atoms with Crippen molar-refractivity contribution in [1.29, 1.82) is 0 Å². The Morgan fingerprint density at radius 3 is 2.50 bits per heavy atom. The van der Waals surface area contributed by atoms with Crippen LogP contribution in [0.4, 0.5) is 8.78 Å². The van der Waals surface area contributed by atoms with Crippen LogP contribution in [-0.2, 0) is 0 Å². The molecule has 0 radical (unpaired) electrons. The number of rotatable bonds is 0. The molecule has 0 aliphatic heterocycles. The second-order valence-corrected chi connectivity index (χ2v) is 2.96. The lowest BCUT2D eigenvalue weighted by molar-refractivity contribution is 0.155. The zero-order chi connectivity index (χ0) is 7.56.